The summed E-state index contributed by atoms with van der Waals surface area (Å²) in [5.41, 5.74) is 3.04. The van der Waals surface area contributed by atoms with Gasteiger partial charge in [-0.1, -0.05) is 11.6 Å². The maximum absolute atomic E-state index is 3.51. The van der Waals surface area contributed by atoms with Crippen LogP contribution in [0.1, 0.15) is 38.2 Å². The van der Waals surface area contributed by atoms with E-state index in [1.165, 1.54) is 31.2 Å². The van der Waals surface area contributed by atoms with Gasteiger partial charge in [-0.25, -0.2) is 0 Å². The standard InChI is InChI=1S/C14H22N2/c1-2-16-10-8-14(12-16)11-15-9-7-13-5-3-4-6-13/h5,8,10,12,15H,2-4,6-7,9,11H2,1H3. The van der Waals surface area contributed by atoms with Crippen molar-refractivity contribution in [1.29, 1.82) is 0 Å². The molecule has 2 nitrogen and oxygen atoms in total. The van der Waals surface area contributed by atoms with Crippen molar-refractivity contribution in [2.45, 2.75) is 45.7 Å². The van der Waals surface area contributed by atoms with Crippen LogP contribution in [0, 0.1) is 0 Å². The summed E-state index contributed by atoms with van der Waals surface area (Å²) < 4.78 is 2.22. The Hall–Kier alpha value is -1.02. The Bertz CT molecular complexity index is 349. The monoisotopic (exact) mass is 218 g/mol. The topological polar surface area (TPSA) is 17.0 Å². The van der Waals surface area contributed by atoms with Crippen molar-refractivity contribution in [1.82, 2.24) is 9.88 Å². The van der Waals surface area contributed by atoms with Gasteiger partial charge in [0.1, 0.15) is 0 Å². The highest BCUT2D eigenvalue weighted by Gasteiger charge is 2.03. The minimum absolute atomic E-state index is 1.00. The quantitative estimate of drug-likeness (QED) is 0.573. The summed E-state index contributed by atoms with van der Waals surface area (Å²) in [4.78, 5) is 0. The zero-order valence-corrected chi connectivity index (χ0v) is 10.2. The molecule has 1 aromatic rings. The maximum atomic E-state index is 3.51. The Balaban J connectivity index is 1.63. The third-order valence-corrected chi connectivity index (χ3v) is 3.26. The van der Waals surface area contributed by atoms with E-state index in [0.717, 1.165) is 19.6 Å². The molecular weight excluding hydrogens is 196 g/mol. The van der Waals surface area contributed by atoms with Gasteiger partial charge in [0.05, 0.1) is 0 Å². The van der Waals surface area contributed by atoms with Crippen molar-refractivity contribution >= 4 is 0 Å². The lowest BCUT2D eigenvalue weighted by molar-refractivity contribution is 0.672. The SMILES string of the molecule is CCn1ccc(CNCCC2=CCCC2)c1. The Morgan fingerprint density at radius 1 is 1.44 bits per heavy atom. The lowest BCUT2D eigenvalue weighted by Crippen LogP contribution is -2.14. The lowest BCUT2D eigenvalue weighted by Gasteiger charge is -2.04. The van der Waals surface area contributed by atoms with Gasteiger partial charge in [-0.2, -0.15) is 0 Å². The molecule has 0 fully saturated rings. The largest absolute Gasteiger partial charge is 0.354 e. The van der Waals surface area contributed by atoms with Crippen molar-refractivity contribution in [3.63, 3.8) is 0 Å². The summed E-state index contributed by atoms with van der Waals surface area (Å²) in [5, 5.41) is 3.51. The first-order chi connectivity index (χ1) is 7.88. The van der Waals surface area contributed by atoms with Gasteiger partial charge in [-0.3, -0.25) is 0 Å². The molecule has 0 amide bonds. The van der Waals surface area contributed by atoms with Gasteiger partial charge in [-0.05, 0) is 50.8 Å². The number of allylic oxidation sites excluding steroid dienone is 1. The highest BCUT2D eigenvalue weighted by molar-refractivity contribution is 5.10. The molecule has 0 saturated heterocycles. The van der Waals surface area contributed by atoms with E-state index < -0.39 is 0 Å². The minimum Gasteiger partial charge on any atom is -0.354 e. The molecule has 0 atom stereocenters. The van der Waals surface area contributed by atoms with E-state index in [2.05, 4.69) is 41.3 Å². The summed E-state index contributed by atoms with van der Waals surface area (Å²) in [6, 6.07) is 2.20. The number of hydrogen-bond donors (Lipinski definition) is 1. The molecule has 1 aromatic heterocycles. The zero-order chi connectivity index (χ0) is 11.2. The number of hydrogen-bond acceptors (Lipinski definition) is 1. The van der Waals surface area contributed by atoms with Gasteiger partial charge in [0.2, 0.25) is 0 Å². The van der Waals surface area contributed by atoms with Crippen molar-refractivity contribution in [2.75, 3.05) is 6.54 Å². The average molecular weight is 218 g/mol. The predicted molar refractivity (Wildman–Crippen MR) is 68.4 cm³/mol. The van der Waals surface area contributed by atoms with Crippen LogP contribution in [0.25, 0.3) is 0 Å². The molecule has 0 bridgehead atoms. The molecule has 0 unspecified atom stereocenters. The van der Waals surface area contributed by atoms with Crippen LogP contribution in [0.3, 0.4) is 0 Å². The van der Waals surface area contributed by atoms with Crippen LogP contribution >= 0.6 is 0 Å². The fraction of sp³-hybridized carbons (Fsp3) is 0.571. The number of nitrogens with zero attached hydrogens (tertiary/aromatic N) is 1. The van der Waals surface area contributed by atoms with Crippen LogP contribution in [0.4, 0.5) is 0 Å². The molecule has 2 heteroatoms. The summed E-state index contributed by atoms with van der Waals surface area (Å²) in [6.45, 7) is 5.35. The normalized spacial score (nSPS) is 15.4. The van der Waals surface area contributed by atoms with Gasteiger partial charge in [-0.15, -0.1) is 0 Å². The fourth-order valence-electron chi connectivity index (χ4n) is 2.24. The van der Waals surface area contributed by atoms with Crippen LogP contribution in [0.2, 0.25) is 0 Å². The fourth-order valence-corrected chi connectivity index (χ4v) is 2.24. The van der Waals surface area contributed by atoms with Gasteiger partial charge < -0.3 is 9.88 Å². The summed E-state index contributed by atoms with van der Waals surface area (Å²) in [5.74, 6) is 0. The molecule has 0 aliphatic heterocycles. The second-order valence-corrected chi connectivity index (χ2v) is 4.53. The first kappa shape index (κ1) is 11.5. The first-order valence-corrected chi connectivity index (χ1v) is 6.42. The Morgan fingerprint density at radius 2 is 2.38 bits per heavy atom. The first-order valence-electron chi connectivity index (χ1n) is 6.42. The summed E-state index contributed by atoms with van der Waals surface area (Å²) in [7, 11) is 0. The van der Waals surface area contributed by atoms with Crippen molar-refractivity contribution < 1.29 is 0 Å². The van der Waals surface area contributed by atoms with Gasteiger partial charge in [0.25, 0.3) is 0 Å². The highest BCUT2D eigenvalue weighted by atomic mass is 14.9. The van der Waals surface area contributed by atoms with Gasteiger partial charge >= 0.3 is 0 Å². The maximum Gasteiger partial charge on any atom is 0.0220 e. The Kier molecular flexibility index (Phi) is 4.23. The number of aryl methyl sites for hydroxylation is 1. The smallest absolute Gasteiger partial charge is 0.0220 e. The molecule has 88 valence electrons. The molecule has 0 spiro atoms. The number of rotatable bonds is 6. The van der Waals surface area contributed by atoms with Gasteiger partial charge in [0, 0.05) is 25.5 Å². The van der Waals surface area contributed by atoms with Crippen LogP contribution in [0.15, 0.2) is 30.1 Å². The van der Waals surface area contributed by atoms with Crippen molar-refractivity contribution in [3.8, 4) is 0 Å². The van der Waals surface area contributed by atoms with Crippen molar-refractivity contribution in [3.05, 3.63) is 35.7 Å². The van der Waals surface area contributed by atoms with E-state index >= 15 is 0 Å². The second-order valence-electron chi connectivity index (χ2n) is 4.53. The van der Waals surface area contributed by atoms with E-state index in [9.17, 15) is 0 Å². The van der Waals surface area contributed by atoms with Crippen LogP contribution in [0.5, 0.6) is 0 Å². The Labute approximate surface area is 98.4 Å². The molecule has 1 heterocycles. The third-order valence-electron chi connectivity index (χ3n) is 3.26. The lowest BCUT2D eigenvalue weighted by atomic mass is 10.2. The molecule has 16 heavy (non-hydrogen) atoms. The molecule has 0 aromatic carbocycles. The van der Waals surface area contributed by atoms with E-state index in [4.69, 9.17) is 0 Å². The molecule has 1 aliphatic carbocycles. The molecular formula is C14H22N2. The van der Waals surface area contributed by atoms with Gasteiger partial charge in [0.15, 0.2) is 0 Å². The van der Waals surface area contributed by atoms with E-state index in [1.807, 2.05) is 0 Å². The van der Waals surface area contributed by atoms with E-state index in [0.29, 0.717) is 0 Å². The minimum atomic E-state index is 1.00. The molecule has 1 N–H and O–H groups in total. The third kappa shape index (κ3) is 3.24. The van der Waals surface area contributed by atoms with Crippen LogP contribution < -0.4 is 5.32 Å². The summed E-state index contributed by atoms with van der Waals surface area (Å²) in [6.07, 6.45) is 12.0. The average Bonchev–Trinajstić information content (AvgIpc) is 2.95. The van der Waals surface area contributed by atoms with Crippen LogP contribution in [-0.4, -0.2) is 11.1 Å². The highest BCUT2D eigenvalue weighted by Crippen LogP contribution is 2.19. The molecule has 2 rings (SSSR count). The number of nitrogens with one attached hydrogen (secondary N) is 1. The van der Waals surface area contributed by atoms with E-state index in [1.54, 1.807) is 5.57 Å². The molecule has 0 saturated carbocycles. The van der Waals surface area contributed by atoms with E-state index in [-0.39, 0.29) is 0 Å². The predicted octanol–water partition coefficient (Wildman–Crippen LogP) is 3.10. The Morgan fingerprint density at radius 3 is 3.06 bits per heavy atom. The zero-order valence-electron chi connectivity index (χ0n) is 10.2. The summed E-state index contributed by atoms with van der Waals surface area (Å²) >= 11 is 0. The second kappa shape index (κ2) is 5.90. The number of aromatic nitrogens is 1. The van der Waals surface area contributed by atoms with Crippen LogP contribution in [-0.2, 0) is 13.1 Å². The van der Waals surface area contributed by atoms with Crippen molar-refractivity contribution in [2.24, 2.45) is 0 Å². The molecule has 0 radical (unpaired) electrons. The molecule has 1 aliphatic rings.